The fraction of sp³-hybridized carbons (Fsp3) is 0.333. The summed E-state index contributed by atoms with van der Waals surface area (Å²) in [6.07, 6.45) is 0. The molecular weight excluding hydrogens is 186 g/mol. The topological polar surface area (TPSA) is 46.5 Å². The molecule has 0 spiro atoms. The number of aliphatic hydroxyl groups is 1. The van der Waals surface area contributed by atoms with Gasteiger partial charge in [0, 0.05) is 24.3 Å². The van der Waals surface area contributed by atoms with E-state index < -0.39 is 11.2 Å². The zero-order valence-corrected chi connectivity index (χ0v) is 8.17. The van der Waals surface area contributed by atoms with Crippen molar-refractivity contribution in [2.24, 2.45) is 0 Å². The van der Waals surface area contributed by atoms with Crippen LogP contribution >= 0.6 is 0 Å². The van der Waals surface area contributed by atoms with Crippen LogP contribution in [0.2, 0.25) is 0 Å². The zero-order chi connectivity index (χ0) is 9.42. The molecule has 1 atom stereocenters. The van der Waals surface area contributed by atoms with E-state index in [1.54, 1.807) is 0 Å². The normalized spacial score (nSPS) is 20.5. The van der Waals surface area contributed by atoms with Crippen molar-refractivity contribution in [1.29, 1.82) is 0 Å². The molecule has 0 saturated heterocycles. The number of fused-ring (bicyclic) bond motifs is 1. The molecule has 1 aliphatic rings. The molecule has 0 amide bonds. The van der Waals surface area contributed by atoms with Gasteiger partial charge in [0.05, 0.1) is 12.3 Å². The third kappa shape index (κ3) is 1.41. The maximum atomic E-state index is 11.5. The number of hydrogen-bond acceptors (Lipinski definition) is 3. The molecule has 1 N–H and O–H groups in total. The van der Waals surface area contributed by atoms with E-state index in [0.717, 1.165) is 16.1 Å². The largest absolute Gasteiger partial charge is 0.610 e. The van der Waals surface area contributed by atoms with Gasteiger partial charge < -0.3 is 14.6 Å². The third-order valence-electron chi connectivity index (χ3n) is 2.17. The molecule has 0 saturated carbocycles. The first-order valence-corrected chi connectivity index (χ1v) is 5.37. The molecule has 4 heteroatoms. The molecule has 1 aliphatic heterocycles. The second-order valence-corrected chi connectivity index (χ2v) is 4.52. The van der Waals surface area contributed by atoms with Gasteiger partial charge in [0.15, 0.2) is 10.8 Å². The van der Waals surface area contributed by atoms with Gasteiger partial charge in [0.2, 0.25) is 0 Å². The van der Waals surface area contributed by atoms with Crippen LogP contribution in [0.25, 0.3) is 0 Å². The molecule has 0 aliphatic carbocycles. The van der Waals surface area contributed by atoms with Crippen molar-refractivity contribution in [3.63, 3.8) is 0 Å². The lowest BCUT2D eigenvalue weighted by molar-refractivity contribution is 0.281. The Morgan fingerprint density at radius 3 is 3.08 bits per heavy atom. The smallest absolute Gasteiger partial charge is 0.183 e. The van der Waals surface area contributed by atoms with Crippen molar-refractivity contribution in [3.05, 3.63) is 23.8 Å². The minimum atomic E-state index is -0.925. The van der Waals surface area contributed by atoms with E-state index in [2.05, 4.69) is 0 Å². The fourth-order valence-electron chi connectivity index (χ4n) is 1.47. The van der Waals surface area contributed by atoms with Crippen LogP contribution in [0.3, 0.4) is 0 Å². The first kappa shape index (κ1) is 8.87. The Labute approximate surface area is 80.2 Å². The summed E-state index contributed by atoms with van der Waals surface area (Å²) >= 11 is -0.925. The van der Waals surface area contributed by atoms with E-state index in [9.17, 15) is 4.55 Å². The highest BCUT2D eigenvalue weighted by Crippen LogP contribution is 2.33. The van der Waals surface area contributed by atoms with E-state index in [4.69, 9.17) is 5.11 Å². The monoisotopic (exact) mass is 197 g/mol. The van der Waals surface area contributed by atoms with Crippen molar-refractivity contribution < 1.29 is 9.66 Å². The van der Waals surface area contributed by atoms with Crippen molar-refractivity contribution >= 4 is 16.9 Å². The molecule has 1 heterocycles. The van der Waals surface area contributed by atoms with E-state index in [-0.39, 0.29) is 6.61 Å². The van der Waals surface area contributed by atoms with Crippen molar-refractivity contribution in [1.82, 2.24) is 0 Å². The van der Waals surface area contributed by atoms with Gasteiger partial charge in [0.25, 0.3) is 0 Å². The molecule has 1 unspecified atom stereocenters. The maximum absolute atomic E-state index is 11.5. The molecule has 1 aromatic carbocycles. The molecule has 13 heavy (non-hydrogen) atoms. The van der Waals surface area contributed by atoms with Gasteiger partial charge in [-0.15, -0.1) is 0 Å². The second-order valence-electron chi connectivity index (χ2n) is 3.13. The lowest BCUT2D eigenvalue weighted by Crippen LogP contribution is -2.16. The van der Waals surface area contributed by atoms with Crippen LogP contribution in [0.4, 0.5) is 5.69 Å². The average Bonchev–Trinajstić information content (AvgIpc) is 2.42. The average molecular weight is 197 g/mol. The number of nitrogens with zero attached hydrogens (tertiary/aromatic N) is 1. The Balaban J connectivity index is 2.46. The standard InChI is InChI=1S/C9H11NO2S/c1-10-6-13(12)9-4-7(5-11)2-3-8(9)10/h2-4,11H,5-6H2,1H3. The molecule has 0 aromatic heterocycles. The van der Waals surface area contributed by atoms with Crippen molar-refractivity contribution in [3.8, 4) is 0 Å². The first-order chi connectivity index (χ1) is 6.22. The van der Waals surface area contributed by atoms with Gasteiger partial charge in [0.1, 0.15) is 0 Å². The summed E-state index contributed by atoms with van der Waals surface area (Å²) in [7, 11) is 1.92. The van der Waals surface area contributed by atoms with Crippen LogP contribution in [-0.4, -0.2) is 22.6 Å². The quantitative estimate of drug-likeness (QED) is 0.674. The highest BCUT2D eigenvalue weighted by atomic mass is 32.2. The summed E-state index contributed by atoms with van der Waals surface area (Å²) in [5.74, 6) is 0.560. The van der Waals surface area contributed by atoms with Crippen molar-refractivity contribution in [2.45, 2.75) is 11.5 Å². The van der Waals surface area contributed by atoms with E-state index in [0.29, 0.717) is 5.88 Å². The predicted octanol–water partition coefficient (Wildman–Crippen LogP) is 0.694. The molecule has 1 aromatic rings. The number of aliphatic hydroxyl groups excluding tert-OH is 1. The summed E-state index contributed by atoms with van der Waals surface area (Å²) in [4.78, 5) is 2.81. The Morgan fingerprint density at radius 1 is 1.62 bits per heavy atom. The Morgan fingerprint density at radius 2 is 2.38 bits per heavy atom. The number of benzene rings is 1. The number of hydrogen-bond donors (Lipinski definition) is 1. The van der Waals surface area contributed by atoms with Gasteiger partial charge in [-0.2, -0.15) is 0 Å². The van der Waals surface area contributed by atoms with Gasteiger partial charge >= 0.3 is 0 Å². The van der Waals surface area contributed by atoms with Gasteiger partial charge in [-0.05, 0) is 11.6 Å². The second kappa shape index (κ2) is 3.21. The van der Waals surface area contributed by atoms with Gasteiger partial charge in [-0.25, -0.2) is 0 Å². The predicted molar refractivity (Wildman–Crippen MR) is 52.0 cm³/mol. The van der Waals surface area contributed by atoms with Crippen LogP contribution in [-0.2, 0) is 17.8 Å². The summed E-state index contributed by atoms with van der Waals surface area (Å²) in [5, 5.41) is 8.91. The van der Waals surface area contributed by atoms with E-state index in [1.165, 1.54) is 0 Å². The molecule has 0 bridgehead atoms. The summed E-state index contributed by atoms with van der Waals surface area (Å²) in [6.45, 7) is 0.00813. The minimum Gasteiger partial charge on any atom is -0.610 e. The maximum Gasteiger partial charge on any atom is 0.183 e. The Hall–Kier alpha value is -0.710. The minimum absolute atomic E-state index is 0.00813. The Bertz CT molecular complexity index is 329. The summed E-state index contributed by atoms with van der Waals surface area (Å²) < 4.78 is 11.5. The summed E-state index contributed by atoms with van der Waals surface area (Å²) in [6, 6.07) is 5.58. The SMILES string of the molecule is CN1C[S+]([O-])c2cc(CO)ccc21. The van der Waals surface area contributed by atoms with Gasteiger partial charge in [-0.3, -0.25) is 0 Å². The molecule has 70 valence electrons. The summed E-state index contributed by atoms with van der Waals surface area (Å²) in [5.41, 5.74) is 1.83. The third-order valence-corrected chi connectivity index (χ3v) is 3.61. The van der Waals surface area contributed by atoms with E-state index in [1.807, 2.05) is 30.1 Å². The van der Waals surface area contributed by atoms with Gasteiger partial charge in [-0.1, -0.05) is 6.07 Å². The lowest BCUT2D eigenvalue weighted by atomic mass is 10.2. The fourth-order valence-corrected chi connectivity index (χ4v) is 2.84. The molecule has 3 nitrogen and oxygen atoms in total. The van der Waals surface area contributed by atoms with Crippen LogP contribution < -0.4 is 4.90 Å². The van der Waals surface area contributed by atoms with Crippen LogP contribution in [0.5, 0.6) is 0 Å². The van der Waals surface area contributed by atoms with E-state index >= 15 is 0 Å². The molecular formula is C9H11NO2S. The number of anilines is 1. The highest BCUT2D eigenvalue weighted by molar-refractivity contribution is 7.92. The van der Waals surface area contributed by atoms with Crippen LogP contribution in [0.15, 0.2) is 23.1 Å². The zero-order valence-electron chi connectivity index (χ0n) is 7.36. The molecule has 0 fully saturated rings. The first-order valence-electron chi connectivity index (χ1n) is 4.05. The number of rotatable bonds is 1. The molecule has 0 radical (unpaired) electrons. The highest BCUT2D eigenvalue weighted by Gasteiger charge is 2.28. The Kier molecular flexibility index (Phi) is 2.19. The van der Waals surface area contributed by atoms with Crippen LogP contribution in [0, 0.1) is 0 Å². The van der Waals surface area contributed by atoms with Crippen molar-refractivity contribution in [2.75, 3.05) is 17.8 Å². The molecule has 2 rings (SSSR count). The lowest BCUT2D eigenvalue weighted by Gasteiger charge is -2.06. The van der Waals surface area contributed by atoms with Crippen LogP contribution in [0.1, 0.15) is 5.56 Å².